The zero-order chi connectivity index (χ0) is 30.5. The summed E-state index contributed by atoms with van der Waals surface area (Å²) >= 11 is 0. The van der Waals surface area contributed by atoms with Crippen LogP contribution in [0.5, 0.6) is 0 Å². The normalized spacial score (nSPS) is 11.5. The molecule has 214 valence electrons. The molecule has 1 amide bonds. The van der Waals surface area contributed by atoms with Gasteiger partial charge in [-0.05, 0) is 66.2 Å². The first kappa shape index (κ1) is 27.7. The van der Waals surface area contributed by atoms with Gasteiger partial charge in [-0.1, -0.05) is 0 Å². The van der Waals surface area contributed by atoms with Crippen molar-refractivity contribution in [2.24, 2.45) is 0 Å². The highest BCUT2D eigenvalue weighted by atomic mass is 32.2. The van der Waals surface area contributed by atoms with E-state index in [1.54, 1.807) is 48.7 Å². The van der Waals surface area contributed by atoms with E-state index in [9.17, 15) is 22.9 Å². The number of benzene rings is 3. The molecule has 0 bridgehead atoms. The summed E-state index contributed by atoms with van der Waals surface area (Å²) in [5.41, 5.74) is 4.17. The number of carbonyl (C=O) groups excluding carboxylic acids is 1. The van der Waals surface area contributed by atoms with Crippen LogP contribution in [-0.4, -0.2) is 39.7 Å². The third-order valence-corrected chi connectivity index (χ3v) is 8.34. The molecule has 0 aliphatic rings. The first-order valence-electron chi connectivity index (χ1n) is 13.0. The fraction of sp³-hybridized carbons (Fsp3) is 0.0938. The van der Waals surface area contributed by atoms with E-state index in [-0.39, 0.29) is 22.6 Å². The number of furan rings is 2. The molecule has 0 atom stereocenters. The molecule has 6 rings (SSSR count). The maximum atomic E-state index is 13.7. The number of fused-ring (bicyclic) bond motifs is 2. The molecule has 3 aromatic carbocycles. The van der Waals surface area contributed by atoms with Gasteiger partial charge in [-0.2, -0.15) is 5.26 Å². The molecular weight excluding hydrogens is 571 g/mol. The van der Waals surface area contributed by atoms with Crippen molar-refractivity contribution in [3.8, 4) is 39.8 Å². The number of nitrogens with one attached hydrogen (secondary N) is 1. The number of anilines is 1. The van der Waals surface area contributed by atoms with Gasteiger partial charge in [-0.25, -0.2) is 12.8 Å². The van der Waals surface area contributed by atoms with E-state index in [2.05, 4.69) is 16.4 Å². The molecule has 6 aromatic rings. The Balaban J connectivity index is 1.65. The minimum Gasteiger partial charge on any atom is -0.455 e. The summed E-state index contributed by atoms with van der Waals surface area (Å²) in [6.07, 6.45) is 2.72. The second-order valence-electron chi connectivity index (χ2n) is 9.90. The smallest absolute Gasteiger partial charge is 0.255 e. The lowest BCUT2D eigenvalue weighted by Crippen LogP contribution is -2.25. The molecule has 9 nitrogen and oxygen atoms in total. The fourth-order valence-corrected chi connectivity index (χ4v) is 5.47. The van der Waals surface area contributed by atoms with Crippen molar-refractivity contribution in [2.75, 3.05) is 24.7 Å². The van der Waals surface area contributed by atoms with E-state index < -0.39 is 21.7 Å². The van der Waals surface area contributed by atoms with Crippen LogP contribution in [0.2, 0.25) is 0 Å². The number of hydrogen-bond acceptors (Lipinski definition) is 7. The topological polar surface area (TPSA) is 129 Å². The van der Waals surface area contributed by atoms with Crippen LogP contribution in [0, 0.1) is 17.1 Å². The van der Waals surface area contributed by atoms with Gasteiger partial charge < -0.3 is 14.2 Å². The van der Waals surface area contributed by atoms with Crippen LogP contribution < -0.4 is 9.62 Å². The van der Waals surface area contributed by atoms with Gasteiger partial charge in [-0.15, -0.1) is 0 Å². The third-order valence-electron chi connectivity index (χ3n) is 7.15. The van der Waals surface area contributed by atoms with Gasteiger partial charge in [0, 0.05) is 54.5 Å². The van der Waals surface area contributed by atoms with Crippen LogP contribution in [0.3, 0.4) is 0 Å². The van der Waals surface area contributed by atoms with Crippen LogP contribution in [-0.2, 0) is 10.0 Å². The highest BCUT2D eigenvalue weighted by Gasteiger charge is 2.26. The number of carbonyl (C=O) groups is 1. The summed E-state index contributed by atoms with van der Waals surface area (Å²) < 4.78 is 52.5. The van der Waals surface area contributed by atoms with Crippen molar-refractivity contribution in [3.63, 3.8) is 0 Å². The standard InChI is InChI=1S/C32H23FN4O5S/c1-35-32(38)30-24-14-23(20-11-18(17-34)12-21(13-20)28-15-25-27(41-28)5-4-10-36-25)26(37(2)43(3,39)40)16-29(24)42-31(30)19-6-8-22(33)9-7-19/h4-16H,1-3H3,(H,35,38). The van der Waals surface area contributed by atoms with Crippen molar-refractivity contribution in [1.29, 1.82) is 5.26 Å². The van der Waals surface area contributed by atoms with E-state index in [1.165, 1.54) is 44.4 Å². The maximum absolute atomic E-state index is 13.7. The summed E-state index contributed by atoms with van der Waals surface area (Å²) in [5.74, 6) is -0.233. The Kier molecular flexibility index (Phi) is 6.71. The van der Waals surface area contributed by atoms with Crippen LogP contribution in [0.15, 0.2) is 87.8 Å². The van der Waals surface area contributed by atoms with Gasteiger partial charge in [0.15, 0.2) is 5.58 Å². The summed E-state index contributed by atoms with van der Waals surface area (Å²) in [5, 5.41) is 12.9. The summed E-state index contributed by atoms with van der Waals surface area (Å²) in [7, 11) is -0.867. The quantitative estimate of drug-likeness (QED) is 0.238. The van der Waals surface area contributed by atoms with Gasteiger partial charge in [0.25, 0.3) is 5.91 Å². The number of nitriles is 1. The molecule has 3 aromatic heterocycles. The SMILES string of the molecule is CNC(=O)c1c(-c2ccc(F)cc2)oc2cc(N(C)S(C)(=O)=O)c(-c3cc(C#N)cc(-c4cc5ncccc5o4)c3)cc12. The molecule has 3 heterocycles. The predicted molar refractivity (Wildman–Crippen MR) is 161 cm³/mol. The summed E-state index contributed by atoms with van der Waals surface area (Å²) in [6, 6.07) is 21.2. The Morgan fingerprint density at radius 3 is 2.40 bits per heavy atom. The van der Waals surface area contributed by atoms with Crippen LogP contribution in [0.25, 0.3) is 55.8 Å². The van der Waals surface area contributed by atoms with Crippen LogP contribution in [0.4, 0.5) is 10.1 Å². The number of amides is 1. The average Bonchev–Trinajstić information content (AvgIpc) is 3.61. The Labute approximate surface area is 245 Å². The van der Waals surface area contributed by atoms with Gasteiger partial charge in [0.05, 0.1) is 29.1 Å². The largest absolute Gasteiger partial charge is 0.455 e. The Bertz CT molecular complexity index is 2180. The van der Waals surface area contributed by atoms with Crippen LogP contribution >= 0.6 is 0 Å². The lowest BCUT2D eigenvalue weighted by molar-refractivity contribution is 0.0964. The molecule has 43 heavy (non-hydrogen) atoms. The third kappa shape index (κ3) is 4.98. The van der Waals surface area contributed by atoms with Crippen molar-refractivity contribution in [3.05, 3.63) is 95.9 Å². The molecule has 0 saturated heterocycles. The van der Waals surface area contributed by atoms with Gasteiger partial charge in [0.1, 0.15) is 28.4 Å². The summed E-state index contributed by atoms with van der Waals surface area (Å²) in [6.45, 7) is 0. The molecule has 1 N–H and O–H groups in total. The van der Waals surface area contributed by atoms with Crippen LogP contribution in [0.1, 0.15) is 15.9 Å². The van der Waals surface area contributed by atoms with E-state index in [1.807, 2.05) is 0 Å². The minimum absolute atomic E-state index is 0.193. The first-order valence-corrected chi connectivity index (χ1v) is 14.8. The number of sulfonamides is 1. The van der Waals surface area contributed by atoms with E-state index in [4.69, 9.17) is 8.83 Å². The molecule has 11 heteroatoms. The van der Waals surface area contributed by atoms with E-state index >= 15 is 0 Å². The Hall–Kier alpha value is -5.47. The molecule has 0 saturated carbocycles. The monoisotopic (exact) mass is 594 g/mol. The van der Waals surface area contributed by atoms with E-state index in [0.29, 0.717) is 50.1 Å². The number of pyridine rings is 1. The maximum Gasteiger partial charge on any atom is 0.255 e. The summed E-state index contributed by atoms with van der Waals surface area (Å²) in [4.78, 5) is 17.5. The van der Waals surface area contributed by atoms with Gasteiger partial charge in [0.2, 0.25) is 10.0 Å². The lowest BCUT2D eigenvalue weighted by atomic mass is 9.95. The lowest BCUT2D eigenvalue weighted by Gasteiger charge is -2.21. The number of nitrogens with zero attached hydrogens (tertiary/aromatic N) is 3. The molecule has 0 spiro atoms. The van der Waals surface area contributed by atoms with E-state index in [0.717, 1.165) is 10.6 Å². The van der Waals surface area contributed by atoms with Crippen molar-refractivity contribution in [1.82, 2.24) is 10.3 Å². The molecular formula is C32H23FN4O5S. The second-order valence-corrected chi connectivity index (χ2v) is 11.9. The van der Waals surface area contributed by atoms with Crippen molar-refractivity contribution < 1.29 is 26.4 Å². The minimum atomic E-state index is -3.75. The molecule has 0 fully saturated rings. The first-order chi connectivity index (χ1) is 20.6. The Morgan fingerprint density at radius 1 is 0.977 bits per heavy atom. The van der Waals surface area contributed by atoms with Gasteiger partial charge in [-0.3, -0.25) is 14.1 Å². The number of rotatable bonds is 6. The highest BCUT2D eigenvalue weighted by Crippen LogP contribution is 2.42. The zero-order valence-corrected chi connectivity index (χ0v) is 24.0. The fourth-order valence-electron chi connectivity index (χ4n) is 4.96. The number of hydrogen-bond donors (Lipinski definition) is 1. The highest BCUT2D eigenvalue weighted by molar-refractivity contribution is 7.92. The Morgan fingerprint density at radius 2 is 1.72 bits per heavy atom. The average molecular weight is 595 g/mol. The molecule has 0 aliphatic carbocycles. The van der Waals surface area contributed by atoms with Gasteiger partial charge >= 0.3 is 0 Å². The zero-order valence-electron chi connectivity index (χ0n) is 23.2. The molecule has 0 unspecified atom stereocenters. The van der Waals surface area contributed by atoms with Crippen molar-refractivity contribution in [2.45, 2.75) is 0 Å². The predicted octanol–water partition coefficient (Wildman–Crippen LogP) is 6.34. The molecule has 0 radical (unpaired) electrons. The second kappa shape index (κ2) is 10.4. The number of halogens is 1. The number of aromatic nitrogens is 1. The molecule has 0 aliphatic heterocycles. The van der Waals surface area contributed by atoms with Crippen molar-refractivity contribution >= 4 is 43.7 Å².